The second-order valence-corrected chi connectivity index (χ2v) is 11.1. The largest absolute Gasteiger partial charge is 0.379 e. The Balaban J connectivity index is 1.29. The second kappa shape index (κ2) is 11.1. The molecular formula is C28H42N4O5. The van der Waals surface area contributed by atoms with Crippen LogP contribution in [0.4, 0.5) is 10.5 Å². The predicted octanol–water partition coefficient (Wildman–Crippen LogP) is 2.89. The number of hydrogen-bond donors (Lipinski definition) is 4. The van der Waals surface area contributed by atoms with Crippen LogP contribution in [0, 0.1) is 5.92 Å². The number of hydrogen-bond acceptors (Lipinski definition) is 6. The predicted molar refractivity (Wildman–Crippen MR) is 142 cm³/mol. The van der Waals surface area contributed by atoms with E-state index in [-0.39, 0.29) is 47.3 Å². The van der Waals surface area contributed by atoms with Gasteiger partial charge >= 0.3 is 6.03 Å². The van der Waals surface area contributed by atoms with E-state index in [4.69, 9.17) is 19.9 Å². The standard InChI is InChI=1S/C28H42N4O5/c1-17(2)6-11-22-27(4,37-22)24-23(35-5)21(12-14-28(24)16-36-28)32-26(34)30-15-13-19-7-9-20(10-8-19)31-25(33)18(3)29/h6-10,18,21-24H,11-16,29H2,1-5H3,(H,31,33)(H2,30,32,34)/t18-,21+,22-,23+,24+,27+,28-/m0/s1. The molecule has 37 heavy (non-hydrogen) atoms. The van der Waals surface area contributed by atoms with Crippen LogP contribution < -0.4 is 21.7 Å². The van der Waals surface area contributed by atoms with Crippen molar-refractivity contribution in [3.8, 4) is 0 Å². The smallest absolute Gasteiger partial charge is 0.315 e. The van der Waals surface area contributed by atoms with Crippen molar-refractivity contribution in [3.63, 3.8) is 0 Å². The highest BCUT2D eigenvalue weighted by Gasteiger charge is 2.71. The first-order valence-corrected chi connectivity index (χ1v) is 13.3. The lowest BCUT2D eigenvalue weighted by molar-refractivity contribution is -0.117. The topological polar surface area (TPSA) is 131 Å². The Kier molecular flexibility index (Phi) is 8.28. The van der Waals surface area contributed by atoms with E-state index in [0.717, 1.165) is 31.4 Å². The quantitative estimate of drug-likeness (QED) is 0.281. The van der Waals surface area contributed by atoms with Gasteiger partial charge in [-0.25, -0.2) is 4.79 Å². The molecule has 0 radical (unpaired) electrons. The minimum atomic E-state index is -0.564. The van der Waals surface area contributed by atoms with Gasteiger partial charge in [-0.1, -0.05) is 23.8 Å². The summed E-state index contributed by atoms with van der Waals surface area (Å²) in [6.45, 7) is 9.21. The lowest BCUT2D eigenvalue weighted by Crippen LogP contribution is -2.60. The van der Waals surface area contributed by atoms with Gasteiger partial charge in [0.1, 0.15) is 5.60 Å². The fourth-order valence-electron chi connectivity index (χ4n) is 5.69. The number of benzene rings is 1. The molecule has 1 saturated carbocycles. The number of nitrogens with one attached hydrogen (secondary N) is 3. The molecule has 2 saturated heterocycles. The summed E-state index contributed by atoms with van der Waals surface area (Å²) in [5.41, 5.74) is 8.08. The third kappa shape index (κ3) is 6.34. The average molecular weight is 515 g/mol. The molecule has 3 fully saturated rings. The van der Waals surface area contributed by atoms with Crippen LogP contribution in [0.15, 0.2) is 35.9 Å². The summed E-state index contributed by atoms with van der Waals surface area (Å²) in [4.78, 5) is 24.5. The zero-order chi connectivity index (χ0) is 26.8. The van der Waals surface area contributed by atoms with E-state index in [1.54, 1.807) is 14.0 Å². The number of methoxy groups -OCH3 is 1. The monoisotopic (exact) mass is 514 g/mol. The van der Waals surface area contributed by atoms with E-state index < -0.39 is 6.04 Å². The molecule has 1 aromatic carbocycles. The summed E-state index contributed by atoms with van der Waals surface area (Å²) < 4.78 is 18.3. The first-order chi connectivity index (χ1) is 17.6. The van der Waals surface area contributed by atoms with Crippen LogP contribution in [0.5, 0.6) is 0 Å². The van der Waals surface area contributed by atoms with Crippen molar-refractivity contribution in [3.05, 3.63) is 41.5 Å². The number of ether oxygens (including phenoxy) is 3. The van der Waals surface area contributed by atoms with Crippen LogP contribution in [0.1, 0.15) is 52.5 Å². The van der Waals surface area contributed by atoms with E-state index in [1.807, 2.05) is 24.3 Å². The lowest BCUT2D eigenvalue weighted by Gasteiger charge is -2.43. The lowest BCUT2D eigenvalue weighted by atomic mass is 9.67. The first kappa shape index (κ1) is 27.6. The van der Waals surface area contributed by atoms with Crippen molar-refractivity contribution in [1.82, 2.24) is 10.6 Å². The van der Waals surface area contributed by atoms with Gasteiger partial charge in [0.15, 0.2) is 0 Å². The average Bonchev–Trinajstić information content (AvgIpc) is 3.77. The van der Waals surface area contributed by atoms with Gasteiger partial charge in [-0.15, -0.1) is 0 Å². The van der Waals surface area contributed by atoms with Gasteiger partial charge < -0.3 is 35.9 Å². The Morgan fingerprint density at radius 3 is 2.57 bits per heavy atom. The molecule has 0 bridgehead atoms. The third-order valence-corrected chi connectivity index (χ3v) is 7.94. The minimum Gasteiger partial charge on any atom is -0.379 e. The fourth-order valence-corrected chi connectivity index (χ4v) is 5.69. The summed E-state index contributed by atoms with van der Waals surface area (Å²) >= 11 is 0. The molecule has 7 atom stereocenters. The number of rotatable bonds is 10. The van der Waals surface area contributed by atoms with Crippen LogP contribution in [-0.4, -0.2) is 67.7 Å². The highest BCUT2D eigenvalue weighted by molar-refractivity contribution is 5.94. The van der Waals surface area contributed by atoms with Crippen molar-refractivity contribution in [2.24, 2.45) is 11.7 Å². The highest BCUT2D eigenvalue weighted by Crippen LogP contribution is 2.59. The van der Waals surface area contributed by atoms with Crippen LogP contribution in [0.3, 0.4) is 0 Å². The molecule has 1 spiro atoms. The molecule has 9 nitrogen and oxygen atoms in total. The van der Waals surface area contributed by atoms with Gasteiger partial charge in [-0.3, -0.25) is 4.79 Å². The third-order valence-electron chi connectivity index (χ3n) is 7.94. The van der Waals surface area contributed by atoms with E-state index in [1.165, 1.54) is 5.57 Å². The van der Waals surface area contributed by atoms with Crippen LogP contribution in [0.25, 0.3) is 0 Å². The van der Waals surface area contributed by atoms with Crippen molar-refractivity contribution in [2.45, 2.75) is 88.9 Å². The maximum atomic E-state index is 12.8. The van der Waals surface area contributed by atoms with Gasteiger partial charge in [0.2, 0.25) is 5.91 Å². The number of anilines is 1. The number of nitrogens with two attached hydrogens (primary N) is 1. The van der Waals surface area contributed by atoms with Gasteiger partial charge in [0, 0.05) is 25.3 Å². The number of carbonyl (C=O) groups is 2. The van der Waals surface area contributed by atoms with Crippen molar-refractivity contribution in [2.75, 3.05) is 25.6 Å². The number of epoxide rings is 2. The van der Waals surface area contributed by atoms with Gasteiger partial charge in [0.25, 0.3) is 0 Å². The maximum Gasteiger partial charge on any atom is 0.315 e. The Bertz CT molecular complexity index is 1000. The van der Waals surface area contributed by atoms with Crippen LogP contribution in [-0.2, 0) is 25.4 Å². The summed E-state index contributed by atoms with van der Waals surface area (Å²) in [7, 11) is 1.71. The number of carbonyl (C=O) groups excluding carboxylic acids is 2. The fraction of sp³-hybridized carbons (Fsp3) is 0.643. The molecular weight excluding hydrogens is 472 g/mol. The Labute approximate surface area is 219 Å². The van der Waals surface area contributed by atoms with E-state index in [0.29, 0.717) is 18.7 Å². The molecule has 2 aliphatic heterocycles. The van der Waals surface area contributed by atoms with Crippen LogP contribution in [0.2, 0.25) is 0 Å². The highest BCUT2D eigenvalue weighted by atomic mass is 16.6. The minimum absolute atomic E-state index is 0.0564. The molecule has 3 aliphatic rings. The van der Waals surface area contributed by atoms with E-state index in [2.05, 4.69) is 42.8 Å². The zero-order valence-corrected chi connectivity index (χ0v) is 22.6. The molecule has 0 aromatic heterocycles. The number of allylic oxidation sites excluding steroid dienone is 1. The van der Waals surface area contributed by atoms with Gasteiger partial charge in [0.05, 0.1) is 36.5 Å². The number of amides is 3. The number of urea groups is 1. The molecule has 0 unspecified atom stereocenters. The second-order valence-electron chi connectivity index (χ2n) is 11.1. The Morgan fingerprint density at radius 2 is 1.97 bits per heavy atom. The summed E-state index contributed by atoms with van der Waals surface area (Å²) in [5.74, 6) is -0.170. The van der Waals surface area contributed by atoms with Crippen molar-refractivity contribution >= 4 is 17.6 Å². The Hall–Kier alpha value is -2.46. The van der Waals surface area contributed by atoms with Crippen molar-refractivity contribution < 1.29 is 23.8 Å². The first-order valence-electron chi connectivity index (χ1n) is 13.3. The molecule has 1 aromatic rings. The zero-order valence-electron chi connectivity index (χ0n) is 22.6. The normalized spacial score (nSPS) is 32.8. The maximum absolute atomic E-state index is 12.8. The van der Waals surface area contributed by atoms with Crippen LogP contribution >= 0.6 is 0 Å². The van der Waals surface area contributed by atoms with E-state index in [9.17, 15) is 9.59 Å². The molecule has 3 amide bonds. The summed E-state index contributed by atoms with van der Waals surface area (Å²) in [6, 6.07) is 6.64. The molecule has 4 rings (SSSR count). The molecule has 204 valence electrons. The van der Waals surface area contributed by atoms with Crippen molar-refractivity contribution in [1.29, 1.82) is 0 Å². The SMILES string of the molecule is CO[C@@H]1[C@H](NC(=O)NCCc2ccc(NC(=O)[C@H](C)N)cc2)CC[C@]2(CO2)[C@H]1[C@]1(C)O[C@H]1CC=C(C)C. The molecule has 2 heterocycles. The summed E-state index contributed by atoms with van der Waals surface area (Å²) in [6.07, 6.45) is 5.38. The van der Waals surface area contributed by atoms with Gasteiger partial charge in [-0.2, -0.15) is 0 Å². The van der Waals surface area contributed by atoms with Gasteiger partial charge in [-0.05, 0) is 71.1 Å². The molecule has 5 N–H and O–H groups in total. The van der Waals surface area contributed by atoms with E-state index >= 15 is 0 Å². The molecule has 1 aliphatic carbocycles. The Morgan fingerprint density at radius 1 is 1.27 bits per heavy atom. The molecule has 9 heteroatoms. The summed E-state index contributed by atoms with van der Waals surface area (Å²) in [5, 5.41) is 8.89.